The van der Waals surface area contributed by atoms with Gasteiger partial charge in [-0.1, -0.05) is 6.07 Å². The molecule has 0 aliphatic carbocycles. The van der Waals surface area contributed by atoms with Gasteiger partial charge in [-0.15, -0.1) is 0 Å². The number of benzene rings is 1. The zero-order valence-corrected chi connectivity index (χ0v) is 14.4. The molecule has 0 unspecified atom stereocenters. The van der Waals surface area contributed by atoms with Gasteiger partial charge in [-0.3, -0.25) is 14.9 Å². The molecule has 10 heteroatoms. The third kappa shape index (κ3) is 3.65. The van der Waals surface area contributed by atoms with E-state index >= 15 is 0 Å². The molecular weight excluding hydrogens is 350 g/mol. The topological polar surface area (TPSA) is 110 Å². The summed E-state index contributed by atoms with van der Waals surface area (Å²) in [6.07, 6.45) is 1.14. The van der Waals surface area contributed by atoms with E-state index < -0.39 is 21.1 Å². The molecule has 2 heterocycles. The molecule has 1 amide bonds. The van der Waals surface area contributed by atoms with E-state index in [2.05, 4.69) is 0 Å². The Balaban J connectivity index is 1.68. The number of hydrogen-bond donors (Lipinski definition) is 0. The lowest BCUT2D eigenvalue weighted by atomic mass is 10.2. The molecule has 3 rings (SSSR count). The third-order valence-corrected chi connectivity index (χ3v) is 6.32. The SMILES string of the molecule is O=C([C@H]1CCCO1)N1CCN(S(=O)(=O)c2cccc([N+](=O)[O-])c2)CC1. The number of piperazine rings is 1. The smallest absolute Gasteiger partial charge is 0.270 e. The van der Waals surface area contributed by atoms with E-state index in [4.69, 9.17) is 4.74 Å². The van der Waals surface area contributed by atoms with Gasteiger partial charge in [-0.25, -0.2) is 8.42 Å². The van der Waals surface area contributed by atoms with Crippen molar-refractivity contribution < 1.29 is 22.9 Å². The predicted octanol–water partition coefficient (Wildman–Crippen LogP) is 0.607. The summed E-state index contributed by atoms with van der Waals surface area (Å²) in [5.74, 6) is -0.0927. The minimum Gasteiger partial charge on any atom is -0.368 e. The maximum atomic E-state index is 12.7. The summed E-state index contributed by atoms with van der Waals surface area (Å²) in [5, 5.41) is 10.8. The van der Waals surface area contributed by atoms with Gasteiger partial charge in [0.25, 0.3) is 11.6 Å². The Morgan fingerprint density at radius 2 is 1.96 bits per heavy atom. The number of rotatable bonds is 4. The first kappa shape index (κ1) is 17.8. The van der Waals surface area contributed by atoms with E-state index in [0.29, 0.717) is 13.0 Å². The normalized spacial score (nSPS) is 22.1. The second-order valence-electron chi connectivity index (χ2n) is 5.99. The summed E-state index contributed by atoms with van der Waals surface area (Å²) in [6, 6.07) is 4.99. The minimum absolute atomic E-state index is 0.0927. The average molecular weight is 369 g/mol. The summed E-state index contributed by atoms with van der Waals surface area (Å²) in [6.45, 7) is 1.46. The number of sulfonamides is 1. The van der Waals surface area contributed by atoms with Crippen LogP contribution in [0.25, 0.3) is 0 Å². The number of non-ortho nitro benzene ring substituents is 1. The molecule has 2 aliphatic rings. The molecule has 2 saturated heterocycles. The van der Waals surface area contributed by atoms with Crippen molar-refractivity contribution in [2.45, 2.75) is 23.8 Å². The van der Waals surface area contributed by atoms with Crippen molar-refractivity contribution in [3.63, 3.8) is 0 Å². The number of hydrogen-bond acceptors (Lipinski definition) is 6. The molecule has 136 valence electrons. The molecule has 1 aromatic rings. The molecule has 2 aliphatic heterocycles. The Hall–Kier alpha value is -2.04. The summed E-state index contributed by atoms with van der Waals surface area (Å²) in [7, 11) is -3.83. The van der Waals surface area contributed by atoms with Crippen LogP contribution in [0.1, 0.15) is 12.8 Å². The van der Waals surface area contributed by atoms with Crippen LogP contribution in [-0.4, -0.2) is 67.3 Å². The lowest BCUT2D eigenvalue weighted by molar-refractivity contribution is -0.385. The molecule has 1 aromatic carbocycles. The second-order valence-corrected chi connectivity index (χ2v) is 7.92. The Labute approximate surface area is 145 Å². The quantitative estimate of drug-likeness (QED) is 0.568. The number of carbonyl (C=O) groups is 1. The minimum atomic E-state index is -3.83. The van der Waals surface area contributed by atoms with Crippen LogP contribution in [-0.2, 0) is 19.6 Å². The predicted molar refractivity (Wildman–Crippen MR) is 87.4 cm³/mol. The van der Waals surface area contributed by atoms with E-state index in [9.17, 15) is 23.3 Å². The first-order chi connectivity index (χ1) is 11.9. The van der Waals surface area contributed by atoms with Crippen LogP contribution in [0.3, 0.4) is 0 Å². The molecule has 0 saturated carbocycles. The number of amides is 1. The second kappa shape index (κ2) is 7.06. The van der Waals surface area contributed by atoms with Gasteiger partial charge >= 0.3 is 0 Å². The highest BCUT2D eigenvalue weighted by atomic mass is 32.2. The summed E-state index contributed by atoms with van der Waals surface area (Å²) in [4.78, 5) is 24.0. The zero-order chi connectivity index (χ0) is 18.0. The molecule has 0 radical (unpaired) electrons. The van der Waals surface area contributed by atoms with Crippen molar-refractivity contribution in [1.29, 1.82) is 0 Å². The average Bonchev–Trinajstić information content (AvgIpc) is 3.16. The van der Waals surface area contributed by atoms with Crippen LogP contribution >= 0.6 is 0 Å². The van der Waals surface area contributed by atoms with Crippen molar-refractivity contribution in [2.75, 3.05) is 32.8 Å². The van der Waals surface area contributed by atoms with E-state index in [-0.39, 0.29) is 42.7 Å². The number of nitro groups is 1. The van der Waals surface area contributed by atoms with Crippen molar-refractivity contribution in [3.05, 3.63) is 34.4 Å². The van der Waals surface area contributed by atoms with Gasteiger partial charge in [0.05, 0.1) is 9.82 Å². The van der Waals surface area contributed by atoms with Crippen molar-refractivity contribution in [1.82, 2.24) is 9.21 Å². The summed E-state index contributed by atoms with van der Waals surface area (Å²) < 4.78 is 32.0. The highest BCUT2D eigenvalue weighted by Gasteiger charge is 2.34. The molecule has 2 fully saturated rings. The molecule has 0 N–H and O–H groups in total. The molecule has 0 spiro atoms. The van der Waals surface area contributed by atoms with Crippen molar-refractivity contribution >= 4 is 21.6 Å². The summed E-state index contributed by atoms with van der Waals surface area (Å²) in [5.41, 5.74) is -0.270. The maximum Gasteiger partial charge on any atom is 0.270 e. The van der Waals surface area contributed by atoms with Gasteiger partial charge < -0.3 is 9.64 Å². The standard InChI is InChI=1S/C15H19N3O6S/c19-15(14-5-2-10-24-14)16-6-8-17(9-7-16)25(22,23)13-4-1-3-12(11-13)18(20)21/h1,3-4,11,14H,2,5-10H2/t14-/m1/s1. The van der Waals surface area contributed by atoms with Crippen LogP contribution in [0.5, 0.6) is 0 Å². The van der Waals surface area contributed by atoms with Gasteiger partial charge in [0.15, 0.2) is 0 Å². The van der Waals surface area contributed by atoms with Crippen LogP contribution in [0.15, 0.2) is 29.2 Å². The van der Waals surface area contributed by atoms with Gasteiger partial charge in [-0.2, -0.15) is 4.31 Å². The monoisotopic (exact) mass is 369 g/mol. The first-order valence-corrected chi connectivity index (χ1v) is 9.48. The van der Waals surface area contributed by atoms with Crippen molar-refractivity contribution in [2.24, 2.45) is 0 Å². The molecule has 25 heavy (non-hydrogen) atoms. The van der Waals surface area contributed by atoms with E-state index in [1.54, 1.807) is 4.90 Å². The largest absolute Gasteiger partial charge is 0.368 e. The lowest BCUT2D eigenvalue weighted by Gasteiger charge is -2.35. The fourth-order valence-electron chi connectivity index (χ4n) is 3.03. The zero-order valence-electron chi connectivity index (χ0n) is 13.5. The maximum absolute atomic E-state index is 12.7. The van der Waals surface area contributed by atoms with E-state index in [0.717, 1.165) is 12.5 Å². The Kier molecular flexibility index (Phi) is 5.02. The Bertz CT molecular complexity index is 767. The molecular formula is C15H19N3O6S. The Morgan fingerprint density at radius 1 is 1.24 bits per heavy atom. The van der Waals surface area contributed by atoms with Gasteiger partial charge in [0, 0.05) is 44.9 Å². The molecule has 9 nitrogen and oxygen atoms in total. The van der Waals surface area contributed by atoms with Crippen LogP contribution in [0.2, 0.25) is 0 Å². The van der Waals surface area contributed by atoms with E-state index in [1.807, 2.05) is 0 Å². The van der Waals surface area contributed by atoms with Crippen molar-refractivity contribution in [3.8, 4) is 0 Å². The number of nitro benzene ring substituents is 1. The fraction of sp³-hybridized carbons (Fsp3) is 0.533. The van der Waals surface area contributed by atoms with Gasteiger partial charge in [-0.05, 0) is 18.9 Å². The Morgan fingerprint density at radius 3 is 2.56 bits per heavy atom. The van der Waals surface area contributed by atoms with Crippen LogP contribution < -0.4 is 0 Å². The molecule has 0 aromatic heterocycles. The van der Waals surface area contributed by atoms with Crippen LogP contribution in [0.4, 0.5) is 5.69 Å². The number of carbonyl (C=O) groups excluding carboxylic acids is 1. The summed E-state index contributed by atoms with van der Waals surface area (Å²) >= 11 is 0. The van der Waals surface area contributed by atoms with E-state index in [1.165, 1.54) is 22.5 Å². The number of ether oxygens (including phenoxy) is 1. The van der Waals surface area contributed by atoms with Gasteiger partial charge in [0.2, 0.25) is 10.0 Å². The first-order valence-electron chi connectivity index (χ1n) is 8.04. The fourth-order valence-corrected chi connectivity index (χ4v) is 4.49. The third-order valence-electron chi connectivity index (χ3n) is 4.42. The van der Waals surface area contributed by atoms with Crippen LogP contribution in [0, 0.1) is 10.1 Å². The molecule has 1 atom stereocenters. The lowest BCUT2D eigenvalue weighted by Crippen LogP contribution is -2.52. The molecule has 0 bridgehead atoms. The highest BCUT2D eigenvalue weighted by molar-refractivity contribution is 7.89. The number of nitrogens with zero attached hydrogens (tertiary/aromatic N) is 3. The van der Waals surface area contributed by atoms with Gasteiger partial charge in [0.1, 0.15) is 6.10 Å². The highest BCUT2D eigenvalue weighted by Crippen LogP contribution is 2.23.